The highest BCUT2D eigenvalue weighted by Crippen LogP contribution is 2.31. The van der Waals surface area contributed by atoms with Gasteiger partial charge in [-0.25, -0.2) is 0 Å². The first kappa shape index (κ1) is 29.3. The van der Waals surface area contributed by atoms with Crippen molar-refractivity contribution in [3.8, 4) is 0 Å². The number of epoxide rings is 1. The van der Waals surface area contributed by atoms with Crippen molar-refractivity contribution in [1.29, 1.82) is 0 Å². The largest absolute Gasteiger partial charge is 0.463 e. The van der Waals surface area contributed by atoms with Gasteiger partial charge in [-0.2, -0.15) is 0 Å². The zero-order chi connectivity index (χ0) is 23.8. The fourth-order valence-electron chi connectivity index (χ4n) is 3.87. The van der Waals surface area contributed by atoms with E-state index in [2.05, 4.69) is 6.92 Å². The summed E-state index contributed by atoms with van der Waals surface area (Å²) in [5.74, 6) is -0.475. The van der Waals surface area contributed by atoms with Gasteiger partial charge in [0.1, 0.15) is 31.0 Å². The zero-order valence-corrected chi connectivity index (χ0v) is 19.7. The van der Waals surface area contributed by atoms with Gasteiger partial charge in [0.05, 0.1) is 18.8 Å². The molecule has 0 radical (unpaired) electrons. The Bertz CT molecular complexity index is 475. The number of carbonyl (C=O) groups is 1. The van der Waals surface area contributed by atoms with Gasteiger partial charge in [0, 0.05) is 6.42 Å². The molecule has 1 aliphatic rings. The van der Waals surface area contributed by atoms with E-state index in [9.17, 15) is 25.2 Å². The Morgan fingerprint density at radius 3 is 1.84 bits per heavy atom. The average molecular weight is 463 g/mol. The van der Waals surface area contributed by atoms with E-state index < -0.39 is 43.6 Å². The summed E-state index contributed by atoms with van der Waals surface area (Å²) in [6.45, 7) is 1.01. The molecular formula is C24H46O8. The van der Waals surface area contributed by atoms with Crippen LogP contribution >= 0.6 is 0 Å². The first-order valence-corrected chi connectivity index (χ1v) is 12.5. The minimum atomic E-state index is -1.72. The van der Waals surface area contributed by atoms with E-state index in [0.29, 0.717) is 18.6 Å². The van der Waals surface area contributed by atoms with Gasteiger partial charge in [-0.3, -0.25) is 4.79 Å². The fourth-order valence-corrected chi connectivity index (χ4v) is 3.87. The van der Waals surface area contributed by atoms with Crippen LogP contribution < -0.4 is 0 Å². The van der Waals surface area contributed by atoms with Crippen LogP contribution in [0.2, 0.25) is 0 Å². The van der Waals surface area contributed by atoms with E-state index in [1.807, 2.05) is 0 Å². The second-order valence-electron chi connectivity index (χ2n) is 9.06. The molecule has 32 heavy (non-hydrogen) atoms. The fraction of sp³-hybridized carbons (Fsp3) is 0.958. The molecular weight excluding hydrogens is 416 g/mol. The summed E-state index contributed by atoms with van der Waals surface area (Å²) < 4.78 is 10.7. The normalized spacial score (nSPS) is 21.7. The molecule has 1 rings (SSSR count). The maximum absolute atomic E-state index is 11.7. The summed E-state index contributed by atoms with van der Waals surface area (Å²) in [6.07, 6.45) is 9.83. The molecule has 0 aromatic rings. The Labute approximate surface area is 192 Å². The standard InChI is InChI=1S/C24H46O8/c1-2-3-4-5-7-10-13-20-21(32-20)14-11-8-6-9-12-15-22(28)31-17-19(27)24(30)23(29)18(26)16-25/h18-21,23-27,29-30H,2-17H2,1H3/t18-,19+,20?,21?,23-,24-/m1/s1. The van der Waals surface area contributed by atoms with Gasteiger partial charge in [0.2, 0.25) is 0 Å². The lowest BCUT2D eigenvalue weighted by Gasteiger charge is -2.25. The Hall–Kier alpha value is -0.770. The predicted octanol–water partition coefficient (Wildman–Crippen LogP) is 2.21. The summed E-state index contributed by atoms with van der Waals surface area (Å²) in [6, 6.07) is 0. The highest BCUT2D eigenvalue weighted by Gasteiger charge is 2.36. The number of aliphatic hydroxyl groups is 5. The van der Waals surface area contributed by atoms with E-state index in [-0.39, 0.29) is 6.42 Å². The monoisotopic (exact) mass is 462 g/mol. The van der Waals surface area contributed by atoms with E-state index in [1.165, 1.54) is 44.9 Å². The SMILES string of the molecule is CCCCCCCCC1OC1CCCCCCCC(=O)OC[C@H](O)[C@@H](O)[C@H](O)[C@H](O)CO. The summed E-state index contributed by atoms with van der Waals surface area (Å²) in [4.78, 5) is 11.7. The minimum Gasteiger partial charge on any atom is -0.463 e. The van der Waals surface area contributed by atoms with Crippen molar-refractivity contribution in [2.24, 2.45) is 0 Å². The molecule has 1 saturated heterocycles. The molecule has 0 aliphatic carbocycles. The molecule has 0 saturated carbocycles. The summed E-state index contributed by atoms with van der Waals surface area (Å²) in [5, 5.41) is 46.9. The molecule has 0 aromatic heterocycles. The quantitative estimate of drug-likeness (QED) is 0.0994. The number of aliphatic hydroxyl groups excluding tert-OH is 5. The Morgan fingerprint density at radius 1 is 0.781 bits per heavy atom. The molecule has 0 bridgehead atoms. The number of ether oxygens (including phenoxy) is 2. The van der Waals surface area contributed by atoms with Crippen LogP contribution in [0.3, 0.4) is 0 Å². The lowest BCUT2D eigenvalue weighted by molar-refractivity contribution is -0.156. The Kier molecular flexibility index (Phi) is 16.2. The average Bonchev–Trinajstić information content (AvgIpc) is 3.55. The minimum absolute atomic E-state index is 0.233. The third-order valence-corrected chi connectivity index (χ3v) is 6.14. The predicted molar refractivity (Wildman–Crippen MR) is 121 cm³/mol. The molecule has 0 spiro atoms. The maximum atomic E-state index is 11.7. The van der Waals surface area contributed by atoms with Crippen LogP contribution in [-0.4, -0.2) is 81.3 Å². The van der Waals surface area contributed by atoms with Gasteiger partial charge in [-0.15, -0.1) is 0 Å². The first-order valence-electron chi connectivity index (χ1n) is 12.5. The lowest BCUT2D eigenvalue weighted by Crippen LogP contribution is -2.47. The number of hydrogen-bond donors (Lipinski definition) is 5. The molecule has 1 fully saturated rings. The lowest BCUT2D eigenvalue weighted by atomic mass is 10.0. The van der Waals surface area contributed by atoms with Crippen LogP contribution in [0.4, 0.5) is 0 Å². The van der Waals surface area contributed by atoms with Crippen LogP contribution in [0.15, 0.2) is 0 Å². The van der Waals surface area contributed by atoms with Crippen molar-refractivity contribution >= 4 is 5.97 Å². The highest BCUT2D eigenvalue weighted by atomic mass is 16.6. The van der Waals surface area contributed by atoms with Crippen LogP contribution in [0, 0.1) is 0 Å². The maximum Gasteiger partial charge on any atom is 0.305 e. The van der Waals surface area contributed by atoms with Crippen LogP contribution in [-0.2, 0) is 14.3 Å². The molecule has 8 nitrogen and oxygen atoms in total. The summed E-state index contributed by atoms with van der Waals surface area (Å²) in [7, 11) is 0. The first-order chi connectivity index (χ1) is 15.4. The third kappa shape index (κ3) is 13.1. The number of esters is 1. The van der Waals surface area contributed by atoms with Gasteiger partial charge in [-0.05, 0) is 19.3 Å². The number of carbonyl (C=O) groups excluding carboxylic acids is 1. The molecule has 1 heterocycles. The van der Waals surface area contributed by atoms with Crippen molar-refractivity contribution in [3.63, 3.8) is 0 Å². The molecule has 1 aliphatic heterocycles. The van der Waals surface area contributed by atoms with Gasteiger partial charge >= 0.3 is 5.97 Å². The molecule has 6 atom stereocenters. The van der Waals surface area contributed by atoms with Crippen molar-refractivity contribution in [1.82, 2.24) is 0 Å². The van der Waals surface area contributed by atoms with Crippen molar-refractivity contribution in [2.75, 3.05) is 13.2 Å². The van der Waals surface area contributed by atoms with Gasteiger partial charge in [0.25, 0.3) is 0 Å². The molecule has 190 valence electrons. The van der Waals surface area contributed by atoms with E-state index in [1.54, 1.807) is 0 Å². The Morgan fingerprint density at radius 2 is 1.28 bits per heavy atom. The van der Waals surface area contributed by atoms with Crippen molar-refractivity contribution in [3.05, 3.63) is 0 Å². The second-order valence-corrected chi connectivity index (χ2v) is 9.06. The number of rotatable bonds is 21. The van der Waals surface area contributed by atoms with Crippen LogP contribution in [0.1, 0.15) is 96.8 Å². The zero-order valence-electron chi connectivity index (χ0n) is 19.7. The van der Waals surface area contributed by atoms with Crippen molar-refractivity contribution in [2.45, 2.75) is 133 Å². The smallest absolute Gasteiger partial charge is 0.305 e. The number of hydrogen-bond acceptors (Lipinski definition) is 8. The molecule has 5 N–H and O–H groups in total. The topological polar surface area (TPSA) is 140 Å². The van der Waals surface area contributed by atoms with Gasteiger partial charge in [0.15, 0.2) is 0 Å². The third-order valence-electron chi connectivity index (χ3n) is 6.14. The second kappa shape index (κ2) is 17.7. The summed E-state index contributed by atoms with van der Waals surface area (Å²) >= 11 is 0. The van der Waals surface area contributed by atoms with Crippen molar-refractivity contribution < 1.29 is 39.8 Å². The van der Waals surface area contributed by atoms with Gasteiger partial charge in [-0.1, -0.05) is 71.1 Å². The van der Waals surface area contributed by atoms with Gasteiger partial charge < -0.3 is 35.0 Å². The van der Waals surface area contributed by atoms with E-state index >= 15 is 0 Å². The Balaban J connectivity index is 1.92. The molecule has 2 unspecified atom stereocenters. The summed E-state index contributed by atoms with van der Waals surface area (Å²) in [5.41, 5.74) is 0. The molecule has 0 aromatic carbocycles. The highest BCUT2D eigenvalue weighted by molar-refractivity contribution is 5.69. The number of unbranched alkanes of at least 4 members (excludes halogenated alkanes) is 9. The molecule has 0 amide bonds. The molecule has 8 heteroatoms. The van der Waals surface area contributed by atoms with E-state index in [0.717, 1.165) is 32.1 Å². The van der Waals surface area contributed by atoms with Crippen LogP contribution in [0.25, 0.3) is 0 Å². The van der Waals surface area contributed by atoms with E-state index in [4.69, 9.17) is 14.6 Å². The van der Waals surface area contributed by atoms with Crippen LogP contribution in [0.5, 0.6) is 0 Å².